The summed E-state index contributed by atoms with van der Waals surface area (Å²) in [6, 6.07) is -3.15. The van der Waals surface area contributed by atoms with Gasteiger partial charge in [0, 0.05) is 5.38 Å². The van der Waals surface area contributed by atoms with E-state index in [-0.39, 0.29) is 56.7 Å². The van der Waals surface area contributed by atoms with Crippen LogP contribution in [-0.4, -0.2) is 65.3 Å². The monoisotopic (exact) mass is 399 g/mol. The Morgan fingerprint density at radius 1 is 1.60 bits per heavy atom. The van der Waals surface area contributed by atoms with Crippen molar-refractivity contribution >= 4 is 50.6 Å². The molecule has 0 bridgehead atoms. The molecule has 2 rings (SSSR count). The van der Waals surface area contributed by atoms with Crippen LogP contribution in [0.1, 0.15) is 5.69 Å². The molecule has 1 aliphatic rings. The molecule has 1 aromatic heterocycles. The van der Waals surface area contributed by atoms with Gasteiger partial charge in [-0.25, -0.2) is 17.7 Å². The molecule has 25 heavy (non-hydrogen) atoms. The fourth-order valence-electron chi connectivity index (χ4n) is 1.93. The van der Waals surface area contributed by atoms with Crippen molar-refractivity contribution in [3.05, 3.63) is 11.1 Å². The van der Waals surface area contributed by atoms with Crippen molar-refractivity contribution in [3.63, 3.8) is 0 Å². The number of nitrogens with two attached hydrogens (primary N) is 1. The number of carbonyl (C=O) groups excluding carboxylic acids is 3. The van der Waals surface area contributed by atoms with Crippen LogP contribution < -0.4 is 40.6 Å². The van der Waals surface area contributed by atoms with Gasteiger partial charge in [-0.1, -0.05) is 5.16 Å². The molecule has 2 heterocycles. The minimum absolute atomic E-state index is 0. The third-order valence-electron chi connectivity index (χ3n) is 2.92. The first-order valence-corrected chi connectivity index (χ1v) is 8.33. The number of nitrogen functional groups attached to an aromatic ring is 1. The van der Waals surface area contributed by atoms with Crippen molar-refractivity contribution in [1.29, 1.82) is 0 Å². The first kappa shape index (κ1) is 21.5. The van der Waals surface area contributed by atoms with E-state index >= 15 is 0 Å². The molecule has 2 atom stereocenters. The zero-order valence-corrected chi connectivity index (χ0v) is 16.5. The Labute approximate surface area is 167 Å². The molecule has 12 nitrogen and oxygen atoms in total. The second-order valence-corrected chi connectivity index (χ2v) is 6.50. The Hall–Kier alpha value is -1.58. The maximum atomic E-state index is 12.2. The van der Waals surface area contributed by atoms with Crippen LogP contribution in [0.3, 0.4) is 0 Å². The van der Waals surface area contributed by atoms with Crippen LogP contribution in [0.5, 0.6) is 0 Å². The predicted molar refractivity (Wildman–Crippen MR) is 78.4 cm³/mol. The van der Waals surface area contributed by atoms with Crippen LogP contribution >= 0.6 is 11.3 Å². The van der Waals surface area contributed by atoms with E-state index in [1.165, 1.54) is 5.38 Å². The van der Waals surface area contributed by atoms with Crippen molar-refractivity contribution in [2.45, 2.75) is 12.1 Å². The zero-order valence-electron chi connectivity index (χ0n) is 12.9. The molecular formula is C10H10N5NaO7S2. The summed E-state index contributed by atoms with van der Waals surface area (Å²) < 4.78 is 32.5. The molecule has 0 unspecified atom stereocenters. The van der Waals surface area contributed by atoms with Crippen LogP contribution in [-0.2, 0) is 29.5 Å². The average molecular weight is 399 g/mol. The molecule has 15 heteroatoms. The van der Waals surface area contributed by atoms with E-state index in [2.05, 4.69) is 20.3 Å². The molecule has 0 aromatic carbocycles. The van der Waals surface area contributed by atoms with Gasteiger partial charge in [0.25, 0.3) is 11.8 Å². The molecule has 2 amide bonds. The van der Waals surface area contributed by atoms with Crippen molar-refractivity contribution in [1.82, 2.24) is 14.6 Å². The third-order valence-corrected chi connectivity index (χ3v) is 4.50. The number of hydrogen-bond donors (Lipinski definition) is 2. The van der Waals surface area contributed by atoms with E-state index in [0.717, 1.165) is 18.4 Å². The number of β-lactam (4-membered cyclic amide) rings is 1. The number of thiazole rings is 1. The van der Waals surface area contributed by atoms with Gasteiger partial charge in [-0.3, -0.25) is 9.59 Å². The number of aldehydes is 1. The summed E-state index contributed by atoms with van der Waals surface area (Å²) in [5.74, 6) is -2.19. The SMILES string of the molecule is CO/N=C(\C(=O)N[C@@H]1C(=O)N(S(=O)(=O)[O-])[C@@H]1C=O)c1csc(N)n1.[Na+]. The molecule has 0 saturated carbocycles. The minimum atomic E-state index is -5.16. The summed E-state index contributed by atoms with van der Waals surface area (Å²) in [5, 5.41) is 7.13. The zero-order chi connectivity index (χ0) is 18.1. The molecule has 1 aromatic rings. The first-order chi connectivity index (χ1) is 11.2. The van der Waals surface area contributed by atoms with Crippen LogP contribution in [0.25, 0.3) is 0 Å². The van der Waals surface area contributed by atoms with E-state index in [1.54, 1.807) is 0 Å². The number of anilines is 1. The molecule has 1 aliphatic heterocycles. The number of carbonyl (C=O) groups is 3. The number of oxime groups is 1. The van der Waals surface area contributed by atoms with E-state index in [1.807, 2.05) is 0 Å². The molecule has 130 valence electrons. The Bertz CT molecular complexity index is 823. The van der Waals surface area contributed by atoms with Crippen LogP contribution in [0, 0.1) is 0 Å². The largest absolute Gasteiger partial charge is 1.00 e. The Balaban J connectivity index is 0.00000312. The van der Waals surface area contributed by atoms with Gasteiger partial charge in [-0.05, 0) is 0 Å². The van der Waals surface area contributed by atoms with Gasteiger partial charge < -0.3 is 25.2 Å². The summed E-state index contributed by atoms with van der Waals surface area (Å²) in [6.45, 7) is 0. The molecule has 1 saturated heterocycles. The maximum absolute atomic E-state index is 12.2. The van der Waals surface area contributed by atoms with E-state index in [4.69, 9.17) is 5.73 Å². The summed E-state index contributed by atoms with van der Waals surface area (Å²) >= 11 is 1.02. The number of amides is 2. The quantitative estimate of drug-likeness (QED) is 0.118. The van der Waals surface area contributed by atoms with Crippen LogP contribution in [0.2, 0.25) is 0 Å². The number of rotatable bonds is 6. The van der Waals surface area contributed by atoms with Crippen molar-refractivity contribution < 1.29 is 61.7 Å². The van der Waals surface area contributed by atoms with Gasteiger partial charge in [0.05, 0.1) is 0 Å². The number of nitrogens with one attached hydrogen (secondary N) is 1. The first-order valence-electron chi connectivity index (χ1n) is 6.08. The van der Waals surface area contributed by atoms with Crippen molar-refractivity contribution in [2.24, 2.45) is 5.16 Å². The number of hydrogen-bond acceptors (Lipinski definition) is 11. The maximum Gasteiger partial charge on any atom is 1.00 e. The topological polar surface area (TPSA) is 184 Å². The van der Waals surface area contributed by atoms with Crippen LogP contribution in [0.4, 0.5) is 5.13 Å². The summed E-state index contributed by atoms with van der Waals surface area (Å²) in [4.78, 5) is 43.2. The Kier molecular flexibility index (Phi) is 7.04. The van der Waals surface area contributed by atoms with Gasteiger partial charge in [-0.15, -0.1) is 11.3 Å². The second kappa shape index (κ2) is 8.20. The normalized spacial score (nSPS) is 20.3. The Morgan fingerprint density at radius 3 is 2.68 bits per heavy atom. The van der Waals surface area contributed by atoms with E-state index in [9.17, 15) is 27.4 Å². The third kappa shape index (κ3) is 4.34. The van der Waals surface area contributed by atoms with Crippen molar-refractivity contribution in [2.75, 3.05) is 12.8 Å². The van der Waals surface area contributed by atoms with Gasteiger partial charge >= 0.3 is 29.6 Å². The fraction of sp³-hybridized carbons (Fsp3) is 0.300. The second-order valence-electron chi connectivity index (χ2n) is 4.36. The molecular weight excluding hydrogens is 389 g/mol. The molecule has 3 N–H and O–H groups in total. The minimum Gasteiger partial charge on any atom is -0.731 e. The Morgan fingerprint density at radius 2 is 2.24 bits per heavy atom. The van der Waals surface area contributed by atoms with Crippen LogP contribution in [0.15, 0.2) is 10.5 Å². The number of nitrogens with zero attached hydrogens (tertiary/aromatic N) is 3. The predicted octanol–water partition coefficient (Wildman–Crippen LogP) is -5.57. The standard InChI is InChI=1S/C10H11N5O7S2.Na/c1-22-14-6(4-3-23-10(11)12-4)8(17)13-7-5(2-16)15(9(7)18)24(19,20)21;/h2-3,5,7H,1H3,(H2,11,12)(H,13,17)(H,19,20,21);/q;+1/p-1/b14-6-;/t5-,7+;/m1./s1. The molecule has 0 spiro atoms. The summed E-state index contributed by atoms with van der Waals surface area (Å²) in [7, 11) is -3.99. The smallest absolute Gasteiger partial charge is 0.731 e. The van der Waals surface area contributed by atoms with E-state index in [0.29, 0.717) is 0 Å². The molecule has 1 fully saturated rings. The van der Waals surface area contributed by atoms with Crippen molar-refractivity contribution in [3.8, 4) is 0 Å². The molecule has 0 radical (unpaired) electrons. The summed E-state index contributed by atoms with van der Waals surface area (Å²) in [6.07, 6.45) is 0.0652. The van der Waals surface area contributed by atoms with E-state index < -0.39 is 34.2 Å². The number of aromatic nitrogens is 1. The van der Waals surface area contributed by atoms with Gasteiger partial charge in [-0.2, -0.15) is 0 Å². The van der Waals surface area contributed by atoms with Gasteiger partial charge in [0.1, 0.15) is 31.2 Å². The van der Waals surface area contributed by atoms with Gasteiger partial charge in [0.15, 0.2) is 21.1 Å². The van der Waals surface area contributed by atoms with Gasteiger partial charge in [0.2, 0.25) is 0 Å². The average Bonchev–Trinajstić information content (AvgIpc) is 2.91. The summed E-state index contributed by atoms with van der Waals surface area (Å²) in [5.41, 5.74) is 5.17. The fourth-order valence-corrected chi connectivity index (χ4v) is 3.28. The molecule has 0 aliphatic carbocycles.